The molecule has 106 valence electrons. The zero-order chi connectivity index (χ0) is 15.0. The maximum atomic E-state index is 13.5. The molecular formula is C17H13ClFNS. The molecule has 0 radical (unpaired) electrons. The summed E-state index contributed by atoms with van der Waals surface area (Å²) in [7, 11) is 0. The number of rotatable bonds is 2. The van der Waals surface area contributed by atoms with Crippen molar-refractivity contribution < 1.29 is 4.39 Å². The molecule has 0 aliphatic heterocycles. The van der Waals surface area contributed by atoms with Crippen LogP contribution in [0.15, 0.2) is 47.4 Å². The van der Waals surface area contributed by atoms with E-state index in [1.54, 1.807) is 17.8 Å². The first kappa shape index (κ1) is 14.4. The van der Waals surface area contributed by atoms with Crippen molar-refractivity contribution in [1.29, 1.82) is 0 Å². The summed E-state index contributed by atoms with van der Waals surface area (Å²) < 4.78 is 13.5. The molecule has 0 N–H and O–H groups in total. The van der Waals surface area contributed by atoms with Crippen LogP contribution in [0.3, 0.4) is 0 Å². The average molecular weight is 318 g/mol. The summed E-state index contributed by atoms with van der Waals surface area (Å²) in [6, 6.07) is 12.5. The second-order valence-corrected chi connectivity index (χ2v) is 5.99. The lowest BCUT2D eigenvalue weighted by atomic mass is 10.0. The Kier molecular flexibility index (Phi) is 3.87. The van der Waals surface area contributed by atoms with Crippen molar-refractivity contribution in [2.45, 2.75) is 11.8 Å². The van der Waals surface area contributed by atoms with E-state index < -0.39 is 0 Å². The van der Waals surface area contributed by atoms with E-state index in [4.69, 9.17) is 11.6 Å². The van der Waals surface area contributed by atoms with Gasteiger partial charge in [-0.1, -0.05) is 29.8 Å². The Labute approximate surface area is 132 Å². The maximum absolute atomic E-state index is 13.5. The predicted molar refractivity (Wildman–Crippen MR) is 88.7 cm³/mol. The molecule has 0 atom stereocenters. The number of nitrogens with zero attached hydrogens (tertiary/aromatic N) is 1. The summed E-state index contributed by atoms with van der Waals surface area (Å²) in [4.78, 5) is 5.76. The van der Waals surface area contributed by atoms with E-state index in [9.17, 15) is 4.39 Å². The van der Waals surface area contributed by atoms with Gasteiger partial charge in [0.05, 0.1) is 16.2 Å². The smallest absolute Gasteiger partial charge is 0.125 e. The molecule has 0 fully saturated rings. The largest absolute Gasteiger partial charge is 0.247 e. The zero-order valence-corrected chi connectivity index (χ0v) is 13.2. The molecule has 0 aliphatic carbocycles. The SMILES string of the molecule is CSc1ccccc1-c1nc2cc(F)ccc2c(Cl)c1C. The lowest BCUT2D eigenvalue weighted by molar-refractivity contribution is 0.629. The Bertz CT molecular complexity index is 832. The summed E-state index contributed by atoms with van der Waals surface area (Å²) in [5.41, 5.74) is 3.33. The van der Waals surface area contributed by atoms with Gasteiger partial charge in [0.15, 0.2) is 0 Å². The maximum Gasteiger partial charge on any atom is 0.125 e. The quantitative estimate of drug-likeness (QED) is 0.560. The number of hydrogen-bond acceptors (Lipinski definition) is 2. The van der Waals surface area contributed by atoms with Crippen LogP contribution in [-0.2, 0) is 0 Å². The molecule has 0 aliphatic rings. The van der Waals surface area contributed by atoms with E-state index in [0.29, 0.717) is 10.5 Å². The van der Waals surface area contributed by atoms with Gasteiger partial charge in [-0.05, 0) is 36.9 Å². The van der Waals surface area contributed by atoms with Crippen LogP contribution in [0.5, 0.6) is 0 Å². The van der Waals surface area contributed by atoms with Crippen LogP contribution in [0.1, 0.15) is 5.56 Å². The number of thioether (sulfide) groups is 1. The van der Waals surface area contributed by atoms with E-state index in [0.717, 1.165) is 27.1 Å². The third kappa shape index (κ3) is 2.52. The fraction of sp³-hybridized carbons (Fsp3) is 0.118. The Morgan fingerprint density at radius 3 is 2.67 bits per heavy atom. The Morgan fingerprint density at radius 2 is 1.90 bits per heavy atom. The molecule has 1 aromatic heterocycles. The van der Waals surface area contributed by atoms with Crippen molar-refractivity contribution in [2.24, 2.45) is 0 Å². The monoisotopic (exact) mass is 317 g/mol. The Hall–Kier alpha value is -1.58. The van der Waals surface area contributed by atoms with Crippen molar-refractivity contribution in [2.75, 3.05) is 6.26 Å². The van der Waals surface area contributed by atoms with Gasteiger partial charge in [0, 0.05) is 21.9 Å². The third-order valence-corrected chi connectivity index (χ3v) is 4.76. The second kappa shape index (κ2) is 5.66. The summed E-state index contributed by atoms with van der Waals surface area (Å²) in [6.07, 6.45) is 2.02. The number of fused-ring (bicyclic) bond motifs is 1. The number of halogens is 2. The van der Waals surface area contributed by atoms with E-state index in [-0.39, 0.29) is 5.82 Å². The summed E-state index contributed by atoms with van der Waals surface area (Å²) in [5, 5.41) is 1.41. The normalized spacial score (nSPS) is 11.0. The van der Waals surface area contributed by atoms with Crippen molar-refractivity contribution in [3.05, 3.63) is 58.9 Å². The minimum atomic E-state index is -0.306. The number of pyridine rings is 1. The van der Waals surface area contributed by atoms with Crippen LogP contribution in [0, 0.1) is 12.7 Å². The number of hydrogen-bond donors (Lipinski definition) is 0. The van der Waals surface area contributed by atoms with E-state index >= 15 is 0 Å². The standard InChI is InChI=1S/C17H13ClFNS/c1-10-16(18)12-8-7-11(19)9-14(12)20-17(10)13-5-3-4-6-15(13)21-2/h3-9H,1-2H3. The Balaban J connectivity index is 2.35. The molecule has 0 amide bonds. The highest BCUT2D eigenvalue weighted by molar-refractivity contribution is 7.98. The first-order valence-corrected chi connectivity index (χ1v) is 8.11. The first-order valence-electron chi connectivity index (χ1n) is 6.50. The molecule has 1 nitrogen and oxygen atoms in total. The lowest BCUT2D eigenvalue weighted by Crippen LogP contribution is -1.94. The van der Waals surface area contributed by atoms with Gasteiger partial charge in [-0.15, -0.1) is 11.8 Å². The predicted octanol–water partition coefficient (Wildman–Crippen LogP) is 5.72. The Morgan fingerprint density at radius 1 is 1.14 bits per heavy atom. The molecule has 0 saturated carbocycles. The molecule has 1 heterocycles. The minimum absolute atomic E-state index is 0.306. The average Bonchev–Trinajstić information content (AvgIpc) is 2.50. The molecule has 0 saturated heterocycles. The van der Waals surface area contributed by atoms with Crippen LogP contribution in [0.2, 0.25) is 5.02 Å². The van der Waals surface area contributed by atoms with Crippen molar-refractivity contribution in [3.63, 3.8) is 0 Å². The first-order chi connectivity index (χ1) is 10.1. The number of benzene rings is 2. The highest BCUT2D eigenvalue weighted by atomic mass is 35.5. The molecule has 3 rings (SSSR count). The van der Waals surface area contributed by atoms with E-state index in [1.807, 2.05) is 37.4 Å². The zero-order valence-electron chi connectivity index (χ0n) is 11.7. The highest BCUT2D eigenvalue weighted by Crippen LogP contribution is 2.36. The van der Waals surface area contributed by atoms with Crippen LogP contribution in [0.25, 0.3) is 22.2 Å². The number of aromatic nitrogens is 1. The fourth-order valence-corrected chi connectivity index (χ4v) is 3.24. The van der Waals surface area contributed by atoms with Crippen LogP contribution >= 0.6 is 23.4 Å². The topological polar surface area (TPSA) is 12.9 Å². The molecule has 21 heavy (non-hydrogen) atoms. The molecule has 3 aromatic rings. The summed E-state index contributed by atoms with van der Waals surface area (Å²) >= 11 is 8.12. The van der Waals surface area contributed by atoms with Crippen molar-refractivity contribution >= 4 is 34.3 Å². The molecule has 0 spiro atoms. The van der Waals surface area contributed by atoms with Gasteiger partial charge in [0.2, 0.25) is 0 Å². The van der Waals surface area contributed by atoms with E-state index in [1.165, 1.54) is 12.1 Å². The molecular weight excluding hydrogens is 305 g/mol. The molecule has 2 aromatic carbocycles. The third-order valence-electron chi connectivity index (χ3n) is 3.48. The molecule has 0 unspecified atom stereocenters. The highest BCUT2D eigenvalue weighted by Gasteiger charge is 2.14. The minimum Gasteiger partial charge on any atom is -0.247 e. The molecule has 0 bridgehead atoms. The van der Waals surface area contributed by atoms with Gasteiger partial charge in [-0.25, -0.2) is 9.37 Å². The van der Waals surface area contributed by atoms with Crippen LogP contribution in [-0.4, -0.2) is 11.2 Å². The van der Waals surface area contributed by atoms with E-state index in [2.05, 4.69) is 4.98 Å². The summed E-state index contributed by atoms with van der Waals surface area (Å²) in [5.74, 6) is -0.306. The van der Waals surface area contributed by atoms with Crippen LogP contribution in [0.4, 0.5) is 4.39 Å². The van der Waals surface area contributed by atoms with Gasteiger partial charge in [-0.2, -0.15) is 0 Å². The van der Waals surface area contributed by atoms with Gasteiger partial charge >= 0.3 is 0 Å². The molecule has 4 heteroatoms. The van der Waals surface area contributed by atoms with Gasteiger partial charge < -0.3 is 0 Å². The second-order valence-electron chi connectivity index (χ2n) is 4.76. The van der Waals surface area contributed by atoms with Gasteiger partial charge in [-0.3, -0.25) is 0 Å². The van der Waals surface area contributed by atoms with Crippen molar-refractivity contribution in [1.82, 2.24) is 4.98 Å². The van der Waals surface area contributed by atoms with Crippen molar-refractivity contribution in [3.8, 4) is 11.3 Å². The van der Waals surface area contributed by atoms with Crippen LogP contribution < -0.4 is 0 Å². The lowest BCUT2D eigenvalue weighted by Gasteiger charge is -2.13. The fourth-order valence-electron chi connectivity index (χ4n) is 2.40. The van der Waals surface area contributed by atoms with Gasteiger partial charge in [0.25, 0.3) is 0 Å². The van der Waals surface area contributed by atoms with Gasteiger partial charge in [0.1, 0.15) is 5.82 Å². The summed E-state index contributed by atoms with van der Waals surface area (Å²) in [6.45, 7) is 1.95.